The molecule has 0 radical (unpaired) electrons. The van der Waals surface area contributed by atoms with Gasteiger partial charge in [0.2, 0.25) is 0 Å². The number of benzene rings is 2. The summed E-state index contributed by atoms with van der Waals surface area (Å²) in [4.78, 5) is 1.27. The molecule has 0 fully saturated rings. The van der Waals surface area contributed by atoms with Crippen LogP contribution in [-0.4, -0.2) is 13.4 Å². The van der Waals surface area contributed by atoms with Gasteiger partial charge in [-0.2, -0.15) is 0 Å². The first-order chi connectivity index (χ1) is 9.24. The summed E-state index contributed by atoms with van der Waals surface area (Å²) < 4.78 is 5.28. The molecule has 0 amide bonds. The largest absolute Gasteiger partial charge is 0.496 e. The molecule has 0 aliphatic heterocycles. The molecule has 0 aliphatic carbocycles. The third-order valence-electron chi connectivity index (χ3n) is 3.05. The first-order valence-electron chi connectivity index (χ1n) is 6.25. The standard InChI is InChI=1S/C16H19NOS/c1-12-10-13(8-9-15(12)18-2)11-17-14-6-4-5-7-16(14)19-3/h4-10,17H,11H2,1-3H3. The number of nitrogens with one attached hydrogen (secondary N) is 1. The normalized spacial score (nSPS) is 10.3. The van der Waals surface area contributed by atoms with E-state index >= 15 is 0 Å². The molecule has 2 aromatic rings. The van der Waals surface area contributed by atoms with E-state index < -0.39 is 0 Å². The second-order valence-corrected chi connectivity index (χ2v) is 5.21. The molecule has 0 spiro atoms. The number of hydrogen-bond acceptors (Lipinski definition) is 3. The third-order valence-corrected chi connectivity index (χ3v) is 3.85. The second kappa shape index (κ2) is 6.53. The summed E-state index contributed by atoms with van der Waals surface area (Å²) in [6, 6.07) is 14.6. The molecule has 0 aliphatic rings. The lowest BCUT2D eigenvalue weighted by molar-refractivity contribution is 0.411. The highest BCUT2D eigenvalue weighted by atomic mass is 32.2. The van der Waals surface area contributed by atoms with Crippen molar-refractivity contribution in [2.24, 2.45) is 0 Å². The Balaban J connectivity index is 2.08. The van der Waals surface area contributed by atoms with Crippen LogP contribution in [0.2, 0.25) is 0 Å². The highest BCUT2D eigenvalue weighted by Gasteiger charge is 2.02. The molecule has 0 saturated heterocycles. The summed E-state index contributed by atoms with van der Waals surface area (Å²) in [5, 5.41) is 3.48. The highest BCUT2D eigenvalue weighted by Crippen LogP contribution is 2.25. The lowest BCUT2D eigenvalue weighted by atomic mass is 10.1. The Morgan fingerprint density at radius 1 is 1.16 bits per heavy atom. The van der Waals surface area contributed by atoms with E-state index in [1.807, 2.05) is 6.07 Å². The van der Waals surface area contributed by atoms with Crippen LogP contribution in [0.3, 0.4) is 0 Å². The van der Waals surface area contributed by atoms with Gasteiger partial charge in [0.05, 0.1) is 7.11 Å². The molecule has 2 aromatic carbocycles. The number of methoxy groups -OCH3 is 1. The van der Waals surface area contributed by atoms with Gasteiger partial charge in [-0.15, -0.1) is 11.8 Å². The Kier molecular flexibility index (Phi) is 4.74. The lowest BCUT2D eigenvalue weighted by Crippen LogP contribution is -2.01. The van der Waals surface area contributed by atoms with E-state index in [0.717, 1.165) is 12.3 Å². The zero-order valence-corrected chi connectivity index (χ0v) is 12.4. The molecule has 0 atom stereocenters. The minimum atomic E-state index is 0.822. The summed E-state index contributed by atoms with van der Waals surface area (Å²) in [6.07, 6.45) is 2.10. The van der Waals surface area contributed by atoms with Crippen molar-refractivity contribution in [3.63, 3.8) is 0 Å². The second-order valence-electron chi connectivity index (χ2n) is 4.36. The van der Waals surface area contributed by atoms with Gasteiger partial charge in [-0.05, 0) is 42.5 Å². The Bertz CT molecular complexity index is 554. The van der Waals surface area contributed by atoms with Crippen LogP contribution in [-0.2, 0) is 6.54 Å². The molecular formula is C16H19NOS. The van der Waals surface area contributed by atoms with Gasteiger partial charge in [-0.1, -0.05) is 24.3 Å². The van der Waals surface area contributed by atoms with Gasteiger partial charge in [0.25, 0.3) is 0 Å². The van der Waals surface area contributed by atoms with Gasteiger partial charge < -0.3 is 10.1 Å². The quantitative estimate of drug-likeness (QED) is 0.819. The molecule has 2 rings (SSSR count). The van der Waals surface area contributed by atoms with Gasteiger partial charge in [-0.3, -0.25) is 0 Å². The van der Waals surface area contributed by atoms with Crippen LogP contribution in [0.4, 0.5) is 5.69 Å². The van der Waals surface area contributed by atoms with Gasteiger partial charge in [0, 0.05) is 17.1 Å². The van der Waals surface area contributed by atoms with Crippen LogP contribution in [0.5, 0.6) is 5.75 Å². The van der Waals surface area contributed by atoms with E-state index in [2.05, 4.69) is 54.9 Å². The van der Waals surface area contributed by atoms with Crippen LogP contribution < -0.4 is 10.1 Å². The molecule has 0 heterocycles. The van der Waals surface area contributed by atoms with E-state index in [1.54, 1.807) is 18.9 Å². The number of anilines is 1. The maximum atomic E-state index is 5.28. The molecule has 2 nitrogen and oxygen atoms in total. The average molecular weight is 273 g/mol. The monoisotopic (exact) mass is 273 g/mol. The zero-order chi connectivity index (χ0) is 13.7. The van der Waals surface area contributed by atoms with Crippen molar-refractivity contribution >= 4 is 17.4 Å². The fourth-order valence-electron chi connectivity index (χ4n) is 2.04. The number of ether oxygens (including phenoxy) is 1. The summed E-state index contributed by atoms with van der Waals surface area (Å²) in [5.41, 5.74) is 3.61. The van der Waals surface area contributed by atoms with Crippen LogP contribution in [0.1, 0.15) is 11.1 Å². The summed E-state index contributed by atoms with van der Waals surface area (Å²) >= 11 is 1.76. The Labute approximate surface area is 119 Å². The predicted octanol–water partition coefficient (Wildman–Crippen LogP) is 4.34. The number of rotatable bonds is 5. The topological polar surface area (TPSA) is 21.3 Å². The van der Waals surface area contributed by atoms with E-state index in [9.17, 15) is 0 Å². The molecule has 0 unspecified atom stereocenters. The SMILES string of the molecule is COc1ccc(CNc2ccccc2SC)cc1C. The van der Waals surface area contributed by atoms with Crippen molar-refractivity contribution in [1.82, 2.24) is 0 Å². The fraction of sp³-hybridized carbons (Fsp3) is 0.250. The summed E-state index contributed by atoms with van der Waals surface area (Å²) in [5.74, 6) is 0.938. The molecule has 100 valence electrons. The zero-order valence-electron chi connectivity index (χ0n) is 11.6. The van der Waals surface area contributed by atoms with Crippen LogP contribution in [0.15, 0.2) is 47.4 Å². The van der Waals surface area contributed by atoms with Crippen molar-refractivity contribution in [2.45, 2.75) is 18.4 Å². The predicted molar refractivity (Wildman–Crippen MR) is 83.3 cm³/mol. The molecule has 0 bridgehead atoms. The maximum absolute atomic E-state index is 5.28. The third kappa shape index (κ3) is 3.44. The fourth-order valence-corrected chi connectivity index (χ4v) is 2.61. The smallest absolute Gasteiger partial charge is 0.121 e. The van der Waals surface area contributed by atoms with Crippen molar-refractivity contribution in [2.75, 3.05) is 18.7 Å². The summed E-state index contributed by atoms with van der Waals surface area (Å²) in [6.45, 7) is 2.89. The number of hydrogen-bond donors (Lipinski definition) is 1. The van der Waals surface area contributed by atoms with Crippen LogP contribution in [0, 0.1) is 6.92 Å². The first kappa shape index (κ1) is 13.8. The molecule has 19 heavy (non-hydrogen) atoms. The van der Waals surface area contributed by atoms with Gasteiger partial charge in [0.1, 0.15) is 5.75 Å². The lowest BCUT2D eigenvalue weighted by Gasteiger charge is -2.12. The molecular weight excluding hydrogens is 254 g/mol. The number of para-hydroxylation sites is 1. The minimum absolute atomic E-state index is 0.822. The Hall–Kier alpha value is -1.61. The van der Waals surface area contributed by atoms with Crippen LogP contribution >= 0.6 is 11.8 Å². The molecule has 0 saturated carbocycles. The van der Waals surface area contributed by atoms with Crippen LogP contribution in [0.25, 0.3) is 0 Å². The van der Waals surface area contributed by atoms with Gasteiger partial charge in [0.15, 0.2) is 0 Å². The highest BCUT2D eigenvalue weighted by molar-refractivity contribution is 7.98. The van der Waals surface area contributed by atoms with Crippen molar-refractivity contribution < 1.29 is 4.74 Å². The Morgan fingerprint density at radius 3 is 2.63 bits per heavy atom. The van der Waals surface area contributed by atoms with E-state index in [-0.39, 0.29) is 0 Å². The number of thioether (sulfide) groups is 1. The molecule has 3 heteroatoms. The van der Waals surface area contributed by atoms with E-state index in [1.165, 1.54) is 21.7 Å². The van der Waals surface area contributed by atoms with Gasteiger partial charge in [-0.25, -0.2) is 0 Å². The molecule has 0 aromatic heterocycles. The van der Waals surface area contributed by atoms with E-state index in [4.69, 9.17) is 4.74 Å². The Morgan fingerprint density at radius 2 is 1.95 bits per heavy atom. The number of aryl methyl sites for hydroxylation is 1. The van der Waals surface area contributed by atoms with E-state index in [0.29, 0.717) is 0 Å². The average Bonchev–Trinajstić information content (AvgIpc) is 2.45. The van der Waals surface area contributed by atoms with Gasteiger partial charge >= 0.3 is 0 Å². The van der Waals surface area contributed by atoms with Crippen molar-refractivity contribution in [3.8, 4) is 5.75 Å². The first-order valence-corrected chi connectivity index (χ1v) is 7.47. The minimum Gasteiger partial charge on any atom is -0.496 e. The van der Waals surface area contributed by atoms with Crippen molar-refractivity contribution in [1.29, 1.82) is 0 Å². The summed E-state index contributed by atoms with van der Waals surface area (Å²) in [7, 11) is 1.70. The maximum Gasteiger partial charge on any atom is 0.121 e. The molecule has 1 N–H and O–H groups in total. The van der Waals surface area contributed by atoms with Crippen molar-refractivity contribution in [3.05, 3.63) is 53.6 Å².